The Morgan fingerprint density at radius 2 is 1.59 bits per heavy atom. The van der Waals surface area contributed by atoms with Gasteiger partial charge in [-0.25, -0.2) is 0 Å². The van der Waals surface area contributed by atoms with E-state index in [-0.39, 0.29) is 5.54 Å². The summed E-state index contributed by atoms with van der Waals surface area (Å²) in [6, 6.07) is 4.27. The third kappa shape index (κ3) is 7.01. The molecular formula is C18H29Br2NO. The first kappa shape index (κ1) is 20.0. The molecule has 0 heterocycles. The van der Waals surface area contributed by atoms with Gasteiger partial charge in [-0.05, 0) is 81.7 Å². The lowest BCUT2D eigenvalue weighted by Crippen LogP contribution is -2.41. The number of ether oxygens (including phenoxy) is 1. The highest BCUT2D eigenvalue weighted by molar-refractivity contribution is 9.11. The molecular weight excluding hydrogens is 406 g/mol. The molecule has 0 aliphatic carbocycles. The van der Waals surface area contributed by atoms with E-state index in [0.29, 0.717) is 5.41 Å². The maximum atomic E-state index is 5.77. The van der Waals surface area contributed by atoms with Crippen LogP contribution in [0.25, 0.3) is 0 Å². The molecule has 0 aliphatic rings. The minimum absolute atomic E-state index is 0.106. The largest absolute Gasteiger partial charge is 0.491 e. The molecule has 4 heteroatoms. The smallest absolute Gasteiger partial charge is 0.147 e. The van der Waals surface area contributed by atoms with Crippen LogP contribution in [0, 0.1) is 5.41 Å². The number of benzene rings is 1. The zero-order chi connectivity index (χ0) is 17.0. The monoisotopic (exact) mass is 433 g/mol. The van der Waals surface area contributed by atoms with E-state index in [2.05, 4.69) is 90.9 Å². The van der Waals surface area contributed by atoms with Crippen LogP contribution in [-0.2, 0) is 6.54 Å². The van der Waals surface area contributed by atoms with Crippen molar-refractivity contribution in [1.29, 1.82) is 0 Å². The lowest BCUT2D eigenvalue weighted by molar-refractivity contribution is 0.240. The Kier molecular flexibility index (Phi) is 7.41. The van der Waals surface area contributed by atoms with Gasteiger partial charge >= 0.3 is 0 Å². The Balaban J connectivity index is 2.75. The third-order valence-corrected chi connectivity index (χ3v) is 4.43. The fourth-order valence-corrected chi connectivity index (χ4v) is 4.30. The summed E-state index contributed by atoms with van der Waals surface area (Å²) in [5, 5.41) is 3.67. The van der Waals surface area contributed by atoms with Gasteiger partial charge in [0.1, 0.15) is 5.75 Å². The van der Waals surface area contributed by atoms with E-state index < -0.39 is 0 Å². The number of nitrogens with one attached hydrogen (secondary N) is 1. The van der Waals surface area contributed by atoms with Crippen molar-refractivity contribution in [1.82, 2.24) is 5.32 Å². The van der Waals surface area contributed by atoms with Crippen LogP contribution in [0.3, 0.4) is 0 Å². The van der Waals surface area contributed by atoms with Crippen molar-refractivity contribution in [3.05, 3.63) is 26.6 Å². The molecule has 22 heavy (non-hydrogen) atoms. The molecule has 0 bridgehead atoms. The van der Waals surface area contributed by atoms with Crippen LogP contribution in [0.1, 0.15) is 59.9 Å². The number of rotatable bonds is 7. The summed E-state index contributed by atoms with van der Waals surface area (Å²) in [4.78, 5) is 0. The van der Waals surface area contributed by atoms with E-state index in [1.54, 1.807) is 0 Å². The SMILES string of the molecule is CCCOc1c(Br)cc(CNC(C)(C)CC(C)(C)C)cc1Br. The molecule has 2 nitrogen and oxygen atoms in total. The first-order valence-electron chi connectivity index (χ1n) is 7.90. The lowest BCUT2D eigenvalue weighted by atomic mass is 9.82. The van der Waals surface area contributed by atoms with Crippen molar-refractivity contribution < 1.29 is 4.74 Å². The topological polar surface area (TPSA) is 21.3 Å². The van der Waals surface area contributed by atoms with Gasteiger partial charge in [-0.15, -0.1) is 0 Å². The van der Waals surface area contributed by atoms with E-state index in [1.807, 2.05) is 0 Å². The van der Waals surface area contributed by atoms with Crippen molar-refractivity contribution >= 4 is 31.9 Å². The van der Waals surface area contributed by atoms with Gasteiger partial charge in [0.25, 0.3) is 0 Å². The zero-order valence-corrected chi connectivity index (χ0v) is 17.8. The molecule has 1 N–H and O–H groups in total. The molecule has 0 radical (unpaired) electrons. The van der Waals surface area contributed by atoms with Crippen molar-refractivity contribution in [2.24, 2.45) is 5.41 Å². The Morgan fingerprint density at radius 3 is 2.05 bits per heavy atom. The summed E-state index contributed by atoms with van der Waals surface area (Å²) >= 11 is 7.23. The number of hydrogen-bond donors (Lipinski definition) is 1. The van der Waals surface area contributed by atoms with E-state index >= 15 is 0 Å². The maximum Gasteiger partial charge on any atom is 0.147 e. The molecule has 0 unspecified atom stereocenters. The van der Waals surface area contributed by atoms with Gasteiger partial charge in [0.05, 0.1) is 15.6 Å². The summed E-state index contributed by atoms with van der Waals surface area (Å²) in [7, 11) is 0. The Bertz CT molecular complexity index is 469. The quantitative estimate of drug-likeness (QED) is 0.543. The minimum Gasteiger partial charge on any atom is -0.491 e. The average molecular weight is 435 g/mol. The highest BCUT2D eigenvalue weighted by atomic mass is 79.9. The van der Waals surface area contributed by atoms with E-state index in [9.17, 15) is 0 Å². The standard InChI is InChI=1S/C18H29Br2NO/c1-7-8-22-16-14(19)9-13(10-15(16)20)11-21-18(5,6)12-17(2,3)4/h9-10,21H,7-8,11-12H2,1-6H3. The van der Waals surface area contributed by atoms with Gasteiger partial charge in [-0.1, -0.05) is 27.7 Å². The predicted molar refractivity (Wildman–Crippen MR) is 103 cm³/mol. The number of halogens is 2. The van der Waals surface area contributed by atoms with Gasteiger partial charge in [-0.3, -0.25) is 0 Å². The molecule has 1 rings (SSSR count). The van der Waals surface area contributed by atoms with E-state index in [0.717, 1.165) is 40.7 Å². The second kappa shape index (κ2) is 8.16. The van der Waals surface area contributed by atoms with Gasteiger partial charge in [0.2, 0.25) is 0 Å². The first-order valence-corrected chi connectivity index (χ1v) is 9.48. The fraction of sp³-hybridized carbons (Fsp3) is 0.667. The van der Waals surface area contributed by atoms with Crippen LogP contribution < -0.4 is 10.1 Å². The van der Waals surface area contributed by atoms with E-state index in [1.165, 1.54) is 5.56 Å². The normalized spacial score (nSPS) is 12.5. The average Bonchev–Trinajstić information content (AvgIpc) is 2.33. The molecule has 0 saturated carbocycles. The first-order chi connectivity index (χ1) is 10.0. The predicted octanol–water partition coefficient (Wildman–Crippen LogP) is 6.30. The van der Waals surface area contributed by atoms with Crippen LogP contribution in [0.4, 0.5) is 0 Å². The minimum atomic E-state index is 0.106. The van der Waals surface area contributed by atoms with Gasteiger partial charge in [-0.2, -0.15) is 0 Å². The molecule has 0 amide bonds. The number of hydrogen-bond acceptors (Lipinski definition) is 2. The molecule has 0 aliphatic heterocycles. The van der Waals surface area contributed by atoms with Crippen LogP contribution in [0.2, 0.25) is 0 Å². The fourth-order valence-electron chi connectivity index (χ4n) is 2.79. The van der Waals surface area contributed by atoms with Gasteiger partial charge in [0.15, 0.2) is 0 Å². The Hall–Kier alpha value is -0.0600. The summed E-state index contributed by atoms with van der Waals surface area (Å²) in [6.45, 7) is 15.1. The molecule has 0 saturated heterocycles. The molecule has 0 fully saturated rings. The second-order valence-electron chi connectivity index (χ2n) is 7.71. The zero-order valence-electron chi connectivity index (χ0n) is 14.6. The second-order valence-corrected chi connectivity index (χ2v) is 9.42. The summed E-state index contributed by atoms with van der Waals surface area (Å²) in [5.74, 6) is 0.888. The molecule has 1 aromatic rings. The van der Waals surface area contributed by atoms with Crippen molar-refractivity contribution in [3.63, 3.8) is 0 Å². The third-order valence-electron chi connectivity index (χ3n) is 3.25. The summed E-state index contributed by atoms with van der Waals surface area (Å²) in [6.07, 6.45) is 2.13. The van der Waals surface area contributed by atoms with Gasteiger partial charge < -0.3 is 10.1 Å². The Labute approximate surface area is 152 Å². The van der Waals surface area contributed by atoms with E-state index in [4.69, 9.17) is 4.74 Å². The molecule has 126 valence electrons. The molecule has 1 aromatic carbocycles. The van der Waals surface area contributed by atoms with Crippen LogP contribution >= 0.6 is 31.9 Å². The molecule has 0 atom stereocenters. The van der Waals surface area contributed by atoms with Crippen molar-refractivity contribution in [2.75, 3.05) is 6.61 Å². The van der Waals surface area contributed by atoms with Crippen LogP contribution in [0.15, 0.2) is 21.1 Å². The van der Waals surface area contributed by atoms with Crippen molar-refractivity contribution in [2.45, 2.75) is 66.5 Å². The van der Waals surface area contributed by atoms with Gasteiger partial charge in [0, 0.05) is 12.1 Å². The highest BCUT2D eigenvalue weighted by Gasteiger charge is 2.24. The lowest BCUT2D eigenvalue weighted by Gasteiger charge is -2.33. The van der Waals surface area contributed by atoms with Crippen LogP contribution in [0.5, 0.6) is 5.75 Å². The molecule has 0 spiro atoms. The summed E-state index contributed by atoms with van der Waals surface area (Å²) < 4.78 is 7.77. The van der Waals surface area contributed by atoms with Crippen molar-refractivity contribution in [3.8, 4) is 5.75 Å². The summed E-state index contributed by atoms with van der Waals surface area (Å²) in [5.41, 5.74) is 1.66. The molecule has 0 aromatic heterocycles. The Morgan fingerprint density at radius 1 is 1.05 bits per heavy atom. The highest BCUT2D eigenvalue weighted by Crippen LogP contribution is 2.35. The van der Waals surface area contributed by atoms with Crippen LogP contribution in [-0.4, -0.2) is 12.1 Å². The maximum absolute atomic E-state index is 5.77.